The molecule has 1 atom stereocenters. The summed E-state index contributed by atoms with van der Waals surface area (Å²) < 4.78 is 34.6. The summed E-state index contributed by atoms with van der Waals surface area (Å²) >= 11 is 0. The Labute approximate surface area is 244 Å². The summed E-state index contributed by atoms with van der Waals surface area (Å²) in [5.74, 6) is -0.0952. The zero-order valence-electron chi connectivity index (χ0n) is 24.8. The van der Waals surface area contributed by atoms with E-state index in [2.05, 4.69) is 5.32 Å². The van der Waals surface area contributed by atoms with Gasteiger partial charge in [-0.25, -0.2) is 8.42 Å². The van der Waals surface area contributed by atoms with Gasteiger partial charge in [-0.1, -0.05) is 61.9 Å². The molecule has 3 rings (SSSR count). The van der Waals surface area contributed by atoms with Crippen LogP contribution in [0.25, 0.3) is 0 Å². The minimum atomic E-state index is -4.12. The molecule has 0 aliphatic carbocycles. The van der Waals surface area contributed by atoms with E-state index in [1.54, 1.807) is 55.6 Å². The minimum Gasteiger partial charge on any atom is -0.497 e. The molecule has 0 saturated heterocycles. The molecule has 0 saturated carbocycles. The number of benzene rings is 3. The number of methoxy groups -OCH3 is 1. The second-order valence-corrected chi connectivity index (χ2v) is 12.1. The van der Waals surface area contributed by atoms with Gasteiger partial charge >= 0.3 is 0 Å². The first kappa shape index (κ1) is 31.7. The van der Waals surface area contributed by atoms with Crippen LogP contribution in [0.2, 0.25) is 0 Å². The molecule has 220 valence electrons. The first-order chi connectivity index (χ1) is 19.5. The SMILES string of the molecule is CCc1ccccc1N(CC(=O)N(Cc1ccc(OC)cc1)[C@@H](CC)C(=O)NC(C)C)S(=O)(=O)c1ccc(C)cc1. The Morgan fingerprint density at radius 3 is 2.12 bits per heavy atom. The average molecular weight is 580 g/mol. The Hall–Kier alpha value is -3.85. The van der Waals surface area contributed by atoms with E-state index in [0.717, 1.165) is 16.7 Å². The Bertz CT molecular complexity index is 1420. The van der Waals surface area contributed by atoms with E-state index in [1.807, 2.05) is 58.9 Å². The second-order valence-electron chi connectivity index (χ2n) is 10.3. The van der Waals surface area contributed by atoms with Crippen LogP contribution in [-0.2, 0) is 32.6 Å². The van der Waals surface area contributed by atoms with Gasteiger partial charge in [0, 0.05) is 12.6 Å². The van der Waals surface area contributed by atoms with Gasteiger partial charge in [-0.15, -0.1) is 0 Å². The van der Waals surface area contributed by atoms with Crippen molar-refractivity contribution in [3.63, 3.8) is 0 Å². The molecule has 1 N–H and O–H groups in total. The van der Waals surface area contributed by atoms with Crippen LogP contribution in [0.5, 0.6) is 5.75 Å². The fraction of sp³-hybridized carbons (Fsp3) is 0.375. The lowest BCUT2D eigenvalue weighted by molar-refractivity contribution is -0.140. The van der Waals surface area contributed by atoms with Gasteiger partial charge in [-0.05, 0) is 75.1 Å². The molecule has 41 heavy (non-hydrogen) atoms. The molecule has 0 radical (unpaired) electrons. The molecular weight excluding hydrogens is 538 g/mol. The van der Waals surface area contributed by atoms with Crippen LogP contribution in [0.4, 0.5) is 5.69 Å². The van der Waals surface area contributed by atoms with Crippen LogP contribution < -0.4 is 14.4 Å². The van der Waals surface area contributed by atoms with E-state index >= 15 is 0 Å². The lowest BCUT2D eigenvalue weighted by atomic mass is 10.1. The van der Waals surface area contributed by atoms with E-state index < -0.39 is 28.5 Å². The highest BCUT2D eigenvalue weighted by molar-refractivity contribution is 7.92. The molecule has 3 aromatic rings. The molecule has 0 aliphatic heterocycles. The quantitative estimate of drug-likeness (QED) is 0.304. The molecule has 0 fully saturated rings. The number of hydrogen-bond acceptors (Lipinski definition) is 5. The largest absolute Gasteiger partial charge is 0.497 e. The van der Waals surface area contributed by atoms with Crippen LogP contribution >= 0.6 is 0 Å². The summed E-state index contributed by atoms with van der Waals surface area (Å²) in [4.78, 5) is 29.0. The Morgan fingerprint density at radius 1 is 0.927 bits per heavy atom. The third-order valence-corrected chi connectivity index (χ3v) is 8.63. The van der Waals surface area contributed by atoms with Crippen LogP contribution in [0.3, 0.4) is 0 Å². The highest BCUT2D eigenvalue weighted by Gasteiger charge is 2.34. The smallest absolute Gasteiger partial charge is 0.264 e. The number of sulfonamides is 1. The predicted octanol–water partition coefficient (Wildman–Crippen LogP) is 5.09. The van der Waals surface area contributed by atoms with Gasteiger partial charge in [-0.2, -0.15) is 0 Å². The van der Waals surface area contributed by atoms with Crippen molar-refractivity contribution in [2.45, 2.75) is 71.0 Å². The Kier molecular flexibility index (Phi) is 10.9. The van der Waals surface area contributed by atoms with E-state index in [-0.39, 0.29) is 23.4 Å². The van der Waals surface area contributed by atoms with Gasteiger partial charge in [0.2, 0.25) is 11.8 Å². The Morgan fingerprint density at radius 2 is 1.56 bits per heavy atom. The summed E-state index contributed by atoms with van der Waals surface area (Å²) in [6, 6.07) is 20.1. The van der Waals surface area contributed by atoms with Crippen molar-refractivity contribution in [2.24, 2.45) is 0 Å². The third kappa shape index (κ3) is 7.88. The molecule has 2 amide bonds. The first-order valence-electron chi connectivity index (χ1n) is 13.9. The summed E-state index contributed by atoms with van der Waals surface area (Å²) in [7, 11) is -2.54. The van der Waals surface area contributed by atoms with Crippen LogP contribution in [0.15, 0.2) is 77.7 Å². The van der Waals surface area contributed by atoms with Crippen LogP contribution in [0, 0.1) is 6.92 Å². The highest BCUT2D eigenvalue weighted by Crippen LogP contribution is 2.28. The lowest BCUT2D eigenvalue weighted by Crippen LogP contribution is -2.53. The molecule has 0 unspecified atom stereocenters. The average Bonchev–Trinajstić information content (AvgIpc) is 2.95. The third-order valence-electron chi connectivity index (χ3n) is 6.86. The first-order valence-corrected chi connectivity index (χ1v) is 15.4. The number of ether oxygens (including phenoxy) is 1. The van der Waals surface area contributed by atoms with Gasteiger partial charge in [0.25, 0.3) is 10.0 Å². The van der Waals surface area contributed by atoms with Crippen molar-refractivity contribution in [1.29, 1.82) is 0 Å². The van der Waals surface area contributed by atoms with Crippen molar-refractivity contribution < 1.29 is 22.7 Å². The standard InChI is InChI=1S/C32H41N3O5S/c1-7-26-11-9-10-12-30(26)35(41(38,39)28-19-13-24(5)14-20-28)22-31(36)34(29(8-2)32(37)33-23(3)4)21-25-15-17-27(40-6)18-16-25/h9-20,23,29H,7-8,21-22H2,1-6H3,(H,33,37)/t29-/m0/s1. The van der Waals surface area contributed by atoms with Crippen molar-refractivity contribution in [2.75, 3.05) is 18.0 Å². The molecule has 0 aliphatic rings. The molecule has 0 bridgehead atoms. The van der Waals surface area contributed by atoms with Crippen LogP contribution in [0.1, 0.15) is 50.8 Å². The fourth-order valence-electron chi connectivity index (χ4n) is 4.63. The number of aryl methyl sites for hydroxylation is 2. The number of anilines is 1. The maximum absolute atomic E-state index is 14.2. The van der Waals surface area contributed by atoms with E-state index in [0.29, 0.717) is 24.3 Å². The summed E-state index contributed by atoms with van der Waals surface area (Å²) in [5.41, 5.74) is 2.94. The summed E-state index contributed by atoms with van der Waals surface area (Å²) in [6.07, 6.45) is 0.935. The second kappa shape index (κ2) is 14.2. The zero-order chi connectivity index (χ0) is 30.2. The number of rotatable bonds is 13. The topological polar surface area (TPSA) is 96.0 Å². The molecule has 8 nitrogen and oxygen atoms in total. The van der Waals surface area contributed by atoms with E-state index in [9.17, 15) is 18.0 Å². The molecule has 0 spiro atoms. The molecular formula is C32H41N3O5S. The summed E-state index contributed by atoms with van der Waals surface area (Å²) in [6.45, 7) is 9.04. The molecule has 9 heteroatoms. The summed E-state index contributed by atoms with van der Waals surface area (Å²) in [5, 5.41) is 2.91. The lowest BCUT2D eigenvalue weighted by Gasteiger charge is -2.34. The zero-order valence-corrected chi connectivity index (χ0v) is 25.6. The van der Waals surface area contributed by atoms with E-state index in [1.165, 1.54) is 9.21 Å². The number of hydrogen-bond donors (Lipinski definition) is 1. The molecule has 0 heterocycles. The van der Waals surface area contributed by atoms with Gasteiger partial charge in [0.1, 0.15) is 18.3 Å². The van der Waals surface area contributed by atoms with Crippen molar-refractivity contribution in [3.8, 4) is 5.75 Å². The number of amides is 2. The number of carbonyl (C=O) groups excluding carboxylic acids is 2. The number of para-hydroxylation sites is 1. The van der Waals surface area contributed by atoms with Gasteiger partial charge in [-0.3, -0.25) is 13.9 Å². The van der Waals surface area contributed by atoms with Gasteiger partial charge in [0.05, 0.1) is 17.7 Å². The van der Waals surface area contributed by atoms with Gasteiger partial charge < -0.3 is 15.0 Å². The van der Waals surface area contributed by atoms with Crippen molar-refractivity contribution >= 4 is 27.5 Å². The maximum Gasteiger partial charge on any atom is 0.264 e. The minimum absolute atomic E-state index is 0.0908. The molecule has 0 aromatic heterocycles. The number of nitrogens with zero attached hydrogens (tertiary/aromatic N) is 2. The molecule has 3 aromatic carbocycles. The number of nitrogens with one attached hydrogen (secondary N) is 1. The normalized spacial score (nSPS) is 12.1. The van der Waals surface area contributed by atoms with Crippen molar-refractivity contribution in [1.82, 2.24) is 10.2 Å². The van der Waals surface area contributed by atoms with Crippen LogP contribution in [-0.4, -0.2) is 50.9 Å². The predicted molar refractivity (Wildman–Crippen MR) is 162 cm³/mol. The maximum atomic E-state index is 14.2. The fourth-order valence-corrected chi connectivity index (χ4v) is 6.08. The highest BCUT2D eigenvalue weighted by atomic mass is 32.2. The monoisotopic (exact) mass is 579 g/mol. The van der Waals surface area contributed by atoms with Gasteiger partial charge in [0.15, 0.2) is 0 Å². The number of carbonyl (C=O) groups is 2. The Balaban J connectivity index is 2.09. The van der Waals surface area contributed by atoms with Crippen molar-refractivity contribution in [3.05, 3.63) is 89.5 Å². The van der Waals surface area contributed by atoms with E-state index in [4.69, 9.17) is 4.74 Å².